The molecule has 0 saturated carbocycles. The van der Waals surface area contributed by atoms with Gasteiger partial charge in [-0.3, -0.25) is 9.89 Å². The standard InChI is InChI=1S/C19H16Cl2N2O3S/c1-11(24)26-10-27-14-6-3-12(4-7-14)18-17(19(21)23-22-18)13-5-8-15(20)16(9-13)25-2/h3-9H,10H2,1-2H3,(H,22,23). The van der Waals surface area contributed by atoms with Crippen molar-refractivity contribution in [1.29, 1.82) is 0 Å². The van der Waals surface area contributed by atoms with E-state index in [1.54, 1.807) is 13.2 Å². The first-order chi connectivity index (χ1) is 13.0. The zero-order valence-electron chi connectivity index (χ0n) is 14.6. The van der Waals surface area contributed by atoms with Crippen molar-refractivity contribution >= 4 is 40.9 Å². The van der Waals surface area contributed by atoms with Gasteiger partial charge < -0.3 is 9.47 Å². The van der Waals surface area contributed by atoms with Crippen molar-refractivity contribution in [2.75, 3.05) is 13.0 Å². The molecule has 1 heterocycles. The quantitative estimate of drug-likeness (QED) is 0.314. The normalized spacial score (nSPS) is 10.7. The van der Waals surface area contributed by atoms with Gasteiger partial charge in [-0.2, -0.15) is 5.10 Å². The molecule has 0 aliphatic rings. The van der Waals surface area contributed by atoms with E-state index in [9.17, 15) is 4.79 Å². The van der Waals surface area contributed by atoms with Gasteiger partial charge in [0.25, 0.3) is 0 Å². The molecule has 2 aromatic carbocycles. The summed E-state index contributed by atoms with van der Waals surface area (Å²) in [5.41, 5.74) is 3.33. The third-order valence-corrected chi connectivity index (χ3v) is 5.22. The summed E-state index contributed by atoms with van der Waals surface area (Å²) in [5.74, 6) is 0.546. The van der Waals surface area contributed by atoms with E-state index in [4.69, 9.17) is 32.7 Å². The fourth-order valence-electron chi connectivity index (χ4n) is 2.51. The second-order valence-corrected chi connectivity index (χ2v) is 7.30. The molecular weight excluding hydrogens is 407 g/mol. The monoisotopic (exact) mass is 422 g/mol. The second kappa shape index (κ2) is 8.69. The van der Waals surface area contributed by atoms with Gasteiger partial charge in [-0.25, -0.2) is 0 Å². The fourth-order valence-corrected chi connectivity index (χ4v) is 3.64. The number of ether oxygens (including phenoxy) is 2. The number of carbonyl (C=O) groups excluding carboxylic acids is 1. The summed E-state index contributed by atoms with van der Waals surface area (Å²) >= 11 is 13.9. The van der Waals surface area contributed by atoms with E-state index < -0.39 is 0 Å². The lowest BCUT2D eigenvalue weighted by Gasteiger charge is -2.09. The molecule has 8 heteroatoms. The number of hydrogen-bond donors (Lipinski definition) is 1. The molecule has 0 saturated heterocycles. The number of esters is 1. The predicted octanol–water partition coefficient (Wildman–Crippen LogP) is 5.67. The van der Waals surface area contributed by atoms with Crippen LogP contribution in [-0.2, 0) is 9.53 Å². The van der Waals surface area contributed by atoms with Gasteiger partial charge in [0.15, 0.2) is 5.15 Å². The molecule has 0 atom stereocenters. The van der Waals surface area contributed by atoms with Crippen LogP contribution in [0.3, 0.4) is 0 Å². The average Bonchev–Trinajstić information content (AvgIpc) is 3.04. The zero-order valence-corrected chi connectivity index (χ0v) is 16.9. The number of hydrogen-bond acceptors (Lipinski definition) is 5. The van der Waals surface area contributed by atoms with Gasteiger partial charge in [-0.1, -0.05) is 53.2 Å². The number of nitrogens with one attached hydrogen (secondary N) is 1. The minimum absolute atomic E-state index is 0.278. The van der Waals surface area contributed by atoms with E-state index in [1.165, 1.54) is 18.7 Å². The number of halogens is 2. The summed E-state index contributed by atoms with van der Waals surface area (Å²) < 4.78 is 10.2. The van der Waals surface area contributed by atoms with Crippen LogP contribution >= 0.6 is 35.0 Å². The van der Waals surface area contributed by atoms with Gasteiger partial charge in [0.2, 0.25) is 0 Å². The Labute approximate surface area is 171 Å². The lowest BCUT2D eigenvalue weighted by molar-refractivity contribution is -0.138. The molecule has 5 nitrogen and oxygen atoms in total. The van der Waals surface area contributed by atoms with E-state index in [2.05, 4.69) is 10.2 Å². The highest BCUT2D eigenvalue weighted by molar-refractivity contribution is 7.99. The Morgan fingerprint density at radius 3 is 2.52 bits per heavy atom. The zero-order chi connectivity index (χ0) is 19.4. The van der Waals surface area contributed by atoms with Crippen molar-refractivity contribution in [3.8, 4) is 28.1 Å². The highest BCUT2D eigenvalue weighted by Crippen LogP contribution is 2.39. The molecule has 3 aromatic rings. The Balaban J connectivity index is 1.89. The van der Waals surface area contributed by atoms with E-state index in [-0.39, 0.29) is 11.9 Å². The second-order valence-electron chi connectivity index (χ2n) is 5.54. The van der Waals surface area contributed by atoms with Crippen molar-refractivity contribution in [3.63, 3.8) is 0 Å². The summed E-state index contributed by atoms with van der Waals surface area (Å²) in [5, 5.41) is 8.02. The molecule has 0 fully saturated rings. The smallest absolute Gasteiger partial charge is 0.303 e. The van der Waals surface area contributed by atoms with Crippen molar-refractivity contribution in [2.45, 2.75) is 11.8 Å². The SMILES string of the molecule is COc1cc(-c2c(Cl)n[nH]c2-c2ccc(SCOC(C)=O)cc2)ccc1Cl. The summed E-state index contributed by atoms with van der Waals surface area (Å²) in [6.45, 7) is 1.39. The van der Waals surface area contributed by atoms with Crippen LogP contribution in [0.4, 0.5) is 0 Å². The minimum Gasteiger partial charge on any atom is -0.495 e. The largest absolute Gasteiger partial charge is 0.495 e. The maximum atomic E-state index is 10.8. The molecule has 3 rings (SSSR count). The van der Waals surface area contributed by atoms with Crippen LogP contribution in [-0.4, -0.2) is 29.2 Å². The highest BCUT2D eigenvalue weighted by Gasteiger charge is 2.17. The van der Waals surface area contributed by atoms with Gasteiger partial charge >= 0.3 is 5.97 Å². The van der Waals surface area contributed by atoms with Crippen LogP contribution in [0.25, 0.3) is 22.4 Å². The molecule has 140 valence electrons. The molecule has 1 aromatic heterocycles. The van der Waals surface area contributed by atoms with E-state index in [0.717, 1.165) is 27.3 Å². The third-order valence-electron chi connectivity index (χ3n) is 3.79. The maximum absolute atomic E-state index is 10.8. The van der Waals surface area contributed by atoms with Gasteiger partial charge in [-0.15, -0.1) is 0 Å². The maximum Gasteiger partial charge on any atom is 0.303 e. The number of benzene rings is 2. The minimum atomic E-state index is -0.297. The molecule has 0 aliphatic heterocycles. The van der Waals surface area contributed by atoms with Crippen LogP contribution < -0.4 is 4.74 Å². The number of carbonyl (C=O) groups is 1. The molecule has 0 bridgehead atoms. The molecule has 0 spiro atoms. The lowest BCUT2D eigenvalue weighted by Crippen LogP contribution is -1.96. The third kappa shape index (κ3) is 4.58. The average molecular weight is 423 g/mol. The molecule has 0 aliphatic carbocycles. The van der Waals surface area contributed by atoms with Crippen LogP contribution in [0.1, 0.15) is 6.92 Å². The number of aromatic amines is 1. The molecule has 1 N–H and O–H groups in total. The first-order valence-electron chi connectivity index (χ1n) is 7.94. The van der Waals surface area contributed by atoms with Gasteiger partial charge in [0, 0.05) is 22.9 Å². The first-order valence-corrected chi connectivity index (χ1v) is 9.68. The van der Waals surface area contributed by atoms with E-state index in [1.807, 2.05) is 36.4 Å². The van der Waals surface area contributed by atoms with E-state index >= 15 is 0 Å². The molecular formula is C19H16Cl2N2O3S. The van der Waals surface area contributed by atoms with Crippen LogP contribution in [0.2, 0.25) is 10.2 Å². The number of rotatable bonds is 6. The molecule has 0 amide bonds. The number of methoxy groups -OCH3 is 1. The fraction of sp³-hybridized carbons (Fsp3) is 0.158. The van der Waals surface area contributed by atoms with Gasteiger partial charge in [0.1, 0.15) is 11.7 Å². The van der Waals surface area contributed by atoms with Crippen LogP contribution in [0.15, 0.2) is 47.4 Å². The van der Waals surface area contributed by atoms with Gasteiger partial charge in [0.05, 0.1) is 17.8 Å². The van der Waals surface area contributed by atoms with Crippen molar-refractivity contribution in [2.24, 2.45) is 0 Å². The van der Waals surface area contributed by atoms with Crippen molar-refractivity contribution < 1.29 is 14.3 Å². The highest BCUT2D eigenvalue weighted by atomic mass is 35.5. The Kier molecular flexibility index (Phi) is 6.31. The van der Waals surface area contributed by atoms with Crippen LogP contribution in [0.5, 0.6) is 5.75 Å². The van der Waals surface area contributed by atoms with Crippen LogP contribution in [0, 0.1) is 0 Å². The summed E-state index contributed by atoms with van der Waals surface area (Å²) in [4.78, 5) is 11.8. The molecule has 27 heavy (non-hydrogen) atoms. The summed E-state index contributed by atoms with van der Waals surface area (Å²) in [6.07, 6.45) is 0. The number of nitrogens with zero attached hydrogens (tertiary/aromatic N) is 1. The topological polar surface area (TPSA) is 64.2 Å². The Morgan fingerprint density at radius 2 is 1.85 bits per heavy atom. The summed E-state index contributed by atoms with van der Waals surface area (Å²) in [6, 6.07) is 13.3. The lowest BCUT2D eigenvalue weighted by atomic mass is 10.0. The number of H-pyrrole nitrogens is 1. The van der Waals surface area contributed by atoms with Crippen molar-refractivity contribution in [1.82, 2.24) is 10.2 Å². The first kappa shape index (κ1) is 19.6. The Hall–Kier alpha value is -2.15. The molecule has 0 radical (unpaired) electrons. The predicted molar refractivity (Wildman–Crippen MR) is 109 cm³/mol. The van der Waals surface area contributed by atoms with Gasteiger partial charge in [-0.05, 0) is 29.8 Å². The van der Waals surface area contributed by atoms with E-state index in [0.29, 0.717) is 15.9 Å². The summed E-state index contributed by atoms with van der Waals surface area (Å²) in [7, 11) is 1.56. The number of thioether (sulfide) groups is 1. The molecule has 0 unspecified atom stereocenters. The Bertz CT molecular complexity index is 958. The van der Waals surface area contributed by atoms with Crippen molar-refractivity contribution in [3.05, 3.63) is 52.6 Å². The Morgan fingerprint density at radius 1 is 1.15 bits per heavy atom. The number of aromatic nitrogens is 2.